The average Bonchev–Trinajstić information content (AvgIpc) is 2.85. The number of hydrogen-bond acceptors (Lipinski definition) is 3. The molecule has 3 aromatic rings. The van der Waals surface area contributed by atoms with Gasteiger partial charge in [-0.1, -0.05) is 0 Å². The van der Waals surface area contributed by atoms with Crippen molar-refractivity contribution in [1.29, 1.82) is 0 Å². The summed E-state index contributed by atoms with van der Waals surface area (Å²) in [7, 11) is 0. The van der Waals surface area contributed by atoms with Crippen LogP contribution >= 0.6 is 11.6 Å². The third-order valence-electron chi connectivity index (χ3n) is 3.63. The predicted molar refractivity (Wildman–Crippen MR) is 84.7 cm³/mol. The first-order chi connectivity index (χ1) is 10.2. The van der Waals surface area contributed by atoms with E-state index in [-0.39, 0.29) is 6.04 Å². The summed E-state index contributed by atoms with van der Waals surface area (Å²) in [6.45, 7) is 4.18. The molecule has 0 aliphatic heterocycles. The number of aromatic nitrogens is 4. The fourth-order valence-corrected chi connectivity index (χ4v) is 2.76. The predicted octanol–water partition coefficient (Wildman–Crippen LogP) is 3.53. The van der Waals surface area contributed by atoms with Crippen LogP contribution < -0.4 is 0 Å². The molecule has 3 rings (SSSR count). The summed E-state index contributed by atoms with van der Waals surface area (Å²) in [6.07, 6.45) is 6.23. The molecule has 108 valence electrons. The fourth-order valence-electron chi connectivity index (χ4n) is 2.59. The maximum Gasteiger partial charge on any atom is 0.160 e. The molecule has 0 spiro atoms. The number of halogens is 1. The molecule has 0 fully saturated rings. The Bertz CT molecular complexity index is 752. The zero-order valence-corrected chi connectivity index (χ0v) is 12.9. The zero-order valence-electron chi connectivity index (χ0n) is 12.1. The molecule has 0 aromatic carbocycles. The summed E-state index contributed by atoms with van der Waals surface area (Å²) in [5.74, 6) is 1.52. The van der Waals surface area contributed by atoms with Crippen molar-refractivity contribution in [2.24, 2.45) is 0 Å². The van der Waals surface area contributed by atoms with Gasteiger partial charge >= 0.3 is 0 Å². The summed E-state index contributed by atoms with van der Waals surface area (Å²) in [5, 5.41) is 0. The van der Waals surface area contributed by atoms with Crippen molar-refractivity contribution in [2.45, 2.75) is 26.3 Å². The highest BCUT2D eigenvalue weighted by Crippen LogP contribution is 2.25. The number of pyridine rings is 2. The van der Waals surface area contributed by atoms with Crippen LogP contribution in [0.3, 0.4) is 0 Å². The van der Waals surface area contributed by atoms with Gasteiger partial charge in [0.25, 0.3) is 0 Å². The maximum atomic E-state index is 5.93. The maximum absolute atomic E-state index is 5.93. The molecule has 5 heteroatoms. The van der Waals surface area contributed by atoms with Crippen LogP contribution in [0.4, 0.5) is 0 Å². The highest BCUT2D eigenvalue weighted by Gasteiger charge is 2.18. The van der Waals surface area contributed by atoms with Gasteiger partial charge in [-0.05, 0) is 43.2 Å². The Labute approximate surface area is 128 Å². The number of fused-ring (bicyclic) bond motifs is 1. The minimum absolute atomic E-state index is 0.145. The standard InChI is InChI=1S/C16H17ClN4/c1-11-9-14-16(19-10-11)21(15(20-14)3-6-17)12(2)13-4-7-18-8-5-13/h4-5,7-10,12H,3,6H2,1-2H3. The largest absolute Gasteiger partial charge is 0.305 e. The van der Waals surface area contributed by atoms with Crippen LogP contribution in [0.25, 0.3) is 11.2 Å². The van der Waals surface area contributed by atoms with E-state index in [4.69, 9.17) is 16.6 Å². The van der Waals surface area contributed by atoms with E-state index in [0.717, 1.165) is 29.0 Å². The molecule has 1 unspecified atom stereocenters. The van der Waals surface area contributed by atoms with Gasteiger partial charge in [0, 0.05) is 30.9 Å². The zero-order chi connectivity index (χ0) is 14.8. The number of imidazole rings is 1. The first-order valence-electron chi connectivity index (χ1n) is 7.00. The van der Waals surface area contributed by atoms with Gasteiger partial charge in [-0.2, -0.15) is 0 Å². The highest BCUT2D eigenvalue weighted by molar-refractivity contribution is 6.17. The molecule has 0 aliphatic rings. The molecule has 0 radical (unpaired) electrons. The van der Waals surface area contributed by atoms with Crippen molar-refractivity contribution < 1.29 is 0 Å². The van der Waals surface area contributed by atoms with Crippen LogP contribution in [-0.4, -0.2) is 25.4 Å². The third-order valence-corrected chi connectivity index (χ3v) is 3.82. The van der Waals surface area contributed by atoms with Gasteiger partial charge in [0.1, 0.15) is 11.3 Å². The summed E-state index contributed by atoms with van der Waals surface area (Å²) < 4.78 is 2.17. The summed E-state index contributed by atoms with van der Waals surface area (Å²) in [4.78, 5) is 13.4. The van der Waals surface area contributed by atoms with E-state index in [9.17, 15) is 0 Å². The molecule has 0 saturated heterocycles. The second-order valence-electron chi connectivity index (χ2n) is 5.15. The van der Waals surface area contributed by atoms with E-state index in [0.29, 0.717) is 5.88 Å². The Morgan fingerprint density at radius 2 is 2.05 bits per heavy atom. The van der Waals surface area contributed by atoms with Crippen molar-refractivity contribution >= 4 is 22.8 Å². The first-order valence-corrected chi connectivity index (χ1v) is 7.53. The van der Waals surface area contributed by atoms with E-state index in [2.05, 4.69) is 27.5 Å². The SMILES string of the molecule is Cc1cnc2c(c1)nc(CCCl)n2C(C)c1ccncc1. The van der Waals surface area contributed by atoms with Gasteiger partial charge in [-0.3, -0.25) is 4.98 Å². The minimum Gasteiger partial charge on any atom is -0.305 e. The topological polar surface area (TPSA) is 43.6 Å². The highest BCUT2D eigenvalue weighted by atomic mass is 35.5. The number of aryl methyl sites for hydroxylation is 2. The van der Waals surface area contributed by atoms with Crippen LogP contribution in [0, 0.1) is 6.92 Å². The van der Waals surface area contributed by atoms with E-state index in [1.165, 1.54) is 5.56 Å². The monoisotopic (exact) mass is 300 g/mol. The smallest absolute Gasteiger partial charge is 0.160 e. The molecule has 3 heterocycles. The van der Waals surface area contributed by atoms with Gasteiger partial charge in [-0.15, -0.1) is 11.6 Å². The molecule has 3 aromatic heterocycles. The Morgan fingerprint density at radius 1 is 1.29 bits per heavy atom. The lowest BCUT2D eigenvalue weighted by Gasteiger charge is -2.17. The number of rotatable bonds is 4. The van der Waals surface area contributed by atoms with Crippen LogP contribution in [0.15, 0.2) is 36.8 Å². The van der Waals surface area contributed by atoms with Gasteiger partial charge in [-0.25, -0.2) is 9.97 Å². The number of alkyl halides is 1. The van der Waals surface area contributed by atoms with Crippen LogP contribution in [-0.2, 0) is 6.42 Å². The second-order valence-corrected chi connectivity index (χ2v) is 5.53. The molecule has 1 atom stereocenters. The van der Waals surface area contributed by atoms with Crippen molar-refractivity contribution in [2.75, 3.05) is 5.88 Å². The Balaban J connectivity index is 2.17. The van der Waals surface area contributed by atoms with E-state index < -0.39 is 0 Å². The average molecular weight is 301 g/mol. The molecular formula is C16H17ClN4. The van der Waals surface area contributed by atoms with E-state index >= 15 is 0 Å². The van der Waals surface area contributed by atoms with E-state index in [1.807, 2.05) is 37.6 Å². The second kappa shape index (κ2) is 5.82. The molecule has 4 nitrogen and oxygen atoms in total. The summed E-state index contributed by atoms with van der Waals surface area (Å²) in [6, 6.07) is 6.26. The molecule has 0 bridgehead atoms. The normalized spacial score (nSPS) is 12.7. The fraction of sp³-hybridized carbons (Fsp3) is 0.312. The first kappa shape index (κ1) is 14.0. The van der Waals surface area contributed by atoms with Gasteiger partial charge in [0.05, 0.1) is 6.04 Å². The Kier molecular flexibility index (Phi) is 3.88. The lowest BCUT2D eigenvalue weighted by Crippen LogP contribution is -2.12. The number of nitrogens with zero attached hydrogens (tertiary/aromatic N) is 4. The molecule has 0 amide bonds. The lowest BCUT2D eigenvalue weighted by atomic mass is 10.1. The van der Waals surface area contributed by atoms with Crippen LogP contribution in [0.5, 0.6) is 0 Å². The molecule has 0 aliphatic carbocycles. The number of hydrogen-bond donors (Lipinski definition) is 0. The van der Waals surface area contributed by atoms with Gasteiger partial charge < -0.3 is 4.57 Å². The van der Waals surface area contributed by atoms with Crippen molar-refractivity contribution in [3.63, 3.8) is 0 Å². The summed E-state index contributed by atoms with van der Waals surface area (Å²) >= 11 is 5.93. The Morgan fingerprint density at radius 3 is 2.76 bits per heavy atom. The lowest BCUT2D eigenvalue weighted by molar-refractivity contribution is 0.618. The van der Waals surface area contributed by atoms with Crippen molar-refractivity contribution in [3.05, 3.63) is 53.7 Å². The van der Waals surface area contributed by atoms with Gasteiger partial charge in [0.15, 0.2) is 5.65 Å². The van der Waals surface area contributed by atoms with Crippen molar-refractivity contribution in [1.82, 2.24) is 19.5 Å². The van der Waals surface area contributed by atoms with Gasteiger partial charge in [0.2, 0.25) is 0 Å². The molecule has 21 heavy (non-hydrogen) atoms. The third kappa shape index (κ3) is 2.63. The Hall–Kier alpha value is -1.94. The van der Waals surface area contributed by atoms with Crippen LogP contribution in [0.2, 0.25) is 0 Å². The van der Waals surface area contributed by atoms with Crippen molar-refractivity contribution in [3.8, 4) is 0 Å². The molecule has 0 saturated carbocycles. The minimum atomic E-state index is 0.145. The quantitative estimate of drug-likeness (QED) is 0.692. The summed E-state index contributed by atoms with van der Waals surface area (Å²) in [5.41, 5.74) is 4.13. The van der Waals surface area contributed by atoms with E-state index in [1.54, 1.807) is 0 Å². The molecule has 0 N–H and O–H groups in total. The molecular weight excluding hydrogens is 284 g/mol. The van der Waals surface area contributed by atoms with Crippen LogP contribution in [0.1, 0.15) is 29.9 Å².